The number of carbonyl (C=O) groups is 2. The number of carbonyl (C=O) groups excluding carboxylic acids is 2. The quantitative estimate of drug-likeness (QED) is 0.754. The highest BCUT2D eigenvalue weighted by Crippen LogP contribution is 2.09. The van der Waals surface area contributed by atoms with Gasteiger partial charge in [0.15, 0.2) is 0 Å². The van der Waals surface area contributed by atoms with Crippen LogP contribution in [0.15, 0.2) is 18.3 Å². The second-order valence-corrected chi connectivity index (χ2v) is 4.20. The van der Waals surface area contributed by atoms with Crippen molar-refractivity contribution in [3.05, 3.63) is 29.0 Å². The Morgan fingerprint density at radius 2 is 2.00 bits per heavy atom. The monoisotopic (exact) mass is 255 g/mol. The Morgan fingerprint density at radius 3 is 2.53 bits per heavy atom. The van der Waals surface area contributed by atoms with E-state index in [1.807, 2.05) is 0 Å². The molecule has 0 saturated carbocycles. The summed E-state index contributed by atoms with van der Waals surface area (Å²) in [6.07, 6.45) is 1.46. The van der Waals surface area contributed by atoms with Gasteiger partial charge in [0.25, 0.3) is 5.91 Å². The lowest BCUT2D eigenvalue weighted by Crippen LogP contribution is -2.37. The molecule has 0 bridgehead atoms. The number of hydrogen-bond donors (Lipinski definition) is 0. The molecular weight excluding hydrogens is 242 g/mol. The number of nitrogens with zero attached hydrogens (tertiary/aromatic N) is 3. The minimum Gasteiger partial charge on any atom is -0.347 e. The molecule has 0 unspecified atom stereocenters. The lowest BCUT2D eigenvalue weighted by molar-refractivity contribution is -0.129. The minimum atomic E-state index is -0.260. The molecule has 1 rings (SSSR count). The van der Waals surface area contributed by atoms with Crippen LogP contribution < -0.4 is 0 Å². The summed E-state index contributed by atoms with van der Waals surface area (Å²) in [7, 11) is 4.85. The van der Waals surface area contributed by atoms with Gasteiger partial charge in [-0.15, -0.1) is 0 Å². The van der Waals surface area contributed by atoms with Crippen LogP contribution in [0.2, 0.25) is 5.15 Å². The third-order valence-electron chi connectivity index (χ3n) is 2.19. The lowest BCUT2D eigenvalue weighted by Gasteiger charge is -2.19. The van der Waals surface area contributed by atoms with Crippen LogP contribution in [-0.2, 0) is 4.79 Å². The fourth-order valence-corrected chi connectivity index (χ4v) is 1.35. The van der Waals surface area contributed by atoms with Crippen molar-refractivity contribution in [2.45, 2.75) is 0 Å². The standard InChI is InChI=1S/C11H14ClN3O2/c1-14(2)10(16)7-15(3)11(17)8-4-5-13-9(12)6-8/h4-6H,7H2,1-3H3. The van der Waals surface area contributed by atoms with Crippen molar-refractivity contribution in [1.82, 2.24) is 14.8 Å². The Hall–Kier alpha value is -1.62. The molecule has 6 heteroatoms. The number of amides is 2. The maximum absolute atomic E-state index is 11.9. The number of aromatic nitrogens is 1. The predicted octanol–water partition coefficient (Wildman–Crippen LogP) is 0.895. The van der Waals surface area contributed by atoms with E-state index >= 15 is 0 Å². The summed E-state index contributed by atoms with van der Waals surface area (Å²) in [6.45, 7) is 0.0335. The Bertz CT molecular complexity index is 434. The van der Waals surface area contributed by atoms with E-state index in [9.17, 15) is 9.59 Å². The molecule has 0 radical (unpaired) electrons. The first-order chi connectivity index (χ1) is 7.91. The maximum Gasteiger partial charge on any atom is 0.254 e. The van der Waals surface area contributed by atoms with Gasteiger partial charge < -0.3 is 9.80 Å². The topological polar surface area (TPSA) is 53.5 Å². The summed E-state index contributed by atoms with van der Waals surface area (Å²) in [5.74, 6) is -0.398. The molecule has 5 nitrogen and oxygen atoms in total. The maximum atomic E-state index is 11.9. The highest BCUT2D eigenvalue weighted by Gasteiger charge is 2.16. The molecule has 0 aliphatic heterocycles. The second kappa shape index (κ2) is 5.63. The van der Waals surface area contributed by atoms with Crippen LogP contribution in [0.4, 0.5) is 0 Å². The summed E-state index contributed by atoms with van der Waals surface area (Å²) in [5.41, 5.74) is 0.416. The van der Waals surface area contributed by atoms with E-state index < -0.39 is 0 Å². The Morgan fingerprint density at radius 1 is 1.35 bits per heavy atom. The molecule has 0 spiro atoms. The van der Waals surface area contributed by atoms with Crippen LogP contribution in [0, 0.1) is 0 Å². The van der Waals surface area contributed by atoms with Gasteiger partial charge in [0.1, 0.15) is 5.15 Å². The Kier molecular flexibility index (Phi) is 4.45. The van der Waals surface area contributed by atoms with Crippen LogP contribution in [0.1, 0.15) is 10.4 Å². The Balaban J connectivity index is 2.73. The van der Waals surface area contributed by atoms with Gasteiger partial charge >= 0.3 is 0 Å². The van der Waals surface area contributed by atoms with Gasteiger partial charge in [0.05, 0.1) is 6.54 Å². The Labute approximate surface area is 105 Å². The van der Waals surface area contributed by atoms with E-state index in [2.05, 4.69) is 4.98 Å². The number of halogens is 1. The first-order valence-corrected chi connectivity index (χ1v) is 5.36. The second-order valence-electron chi connectivity index (χ2n) is 3.82. The zero-order chi connectivity index (χ0) is 13.0. The summed E-state index contributed by atoms with van der Waals surface area (Å²) < 4.78 is 0. The van der Waals surface area contributed by atoms with Crippen molar-refractivity contribution < 1.29 is 9.59 Å². The molecular formula is C11H14ClN3O2. The summed E-state index contributed by atoms with van der Waals surface area (Å²) in [4.78, 5) is 29.9. The SMILES string of the molecule is CN(C)C(=O)CN(C)C(=O)c1ccnc(Cl)c1. The molecule has 0 saturated heterocycles. The van der Waals surface area contributed by atoms with Crippen molar-refractivity contribution in [3.8, 4) is 0 Å². The third kappa shape index (κ3) is 3.71. The van der Waals surface area contributed by atoms with Crippen molar-refractivity contribution in [3.63, 3.8) is 0 Å². The van der Waals surface area contributed by atoms with E-state index in [1.54, 1.807) is 27.2 Å². The van der Waals surface area contributed by atoms with Crippen LogP contribution in [0.25, 0.3) is 0 Å². The number of likely N-dealkylation sites (N-methyl/N-ethyl adjacent to an activating group) is 2. The van der Waals surface area contributed by atoms with Gasteiger partial charge in [-0.1, -0.05) is 11.6 Å². The van der Waals surface area contributed by atoms with Crippen molar-refractivity contribution in [2.75, 3.05) is 27.7 Å². The summed E-state index contributed by atoms with van der Waals surface area (Å²) >= 11 is 5.69. The smallest absolute Gasteiger partial charge is 0.254 e. The molecule has 0 aliphatic rings. The van der Waals surface area contributed by atoms with Gasteiger partial charge in [-0.25, -0.2) is 4.98 Å². The zero-order valence-corrected chi connectivity index (χ0v) is 10.7. The van der Waals surface area contributed by atoms with E-state index in [4.69, 9.17) is 11.6 Å². The highest BCUT2D eigenvalue weighted by atomic mass is 35.5. The predicted molar refractivity (Wildman–Crippen MR) is 64.9 cm³/mol. The first kappa shape index (κ1) is 13.4. The number of rotatable bonds is 3. The number of pyridine rings is 1. The van der Waals surface area contributed by atoms with Crippen LogP contribution in [-0.4, -0.2) is 54.3 Å². The van der Waals surface area contributed by atoms with E-state index in [0.29, 0.717) is 5.56 Å². The number of hydrogen-bond acceptors (Lipinski definition) is 3. The van der Waals surface area contributed by atoms with Gasteiger partial charge in [-0.3, -0.25) is 9.59 Å². The van der Waals surface area contributed by atoms with Crippen LogP contribution in [0.5, 0.6) is 0 Å². The normalized spacial score (nSPS) is 9.88. The molecule has 92 valence electrons. The molecule has 0 aliphatic carbocycles. The van der Waals surface area contributed by atoms with E-state index in [0.717, 1.165) is 0 Å². The third-order valence-corrected chi connectivity index (χ3v) is 2.40. The summed E-state index contributed by atoms with van der Waals surface area (Å²) in [6, 6.07) is 3.03. The molecule has 1 aromatic rings. The van der Waals surface area contributed by atoms with Crippen molar-refractivity contribution in [1.29, 1.82) is 0 Å². The first-order valence-electron chi connectivity index (χ1n) is 4.99. The largest absolute Gasteiger partial charge is 0.347 e. The van der Waals surface area contributed by atoms with Gasteiger partial charge in [0.2, 0.25) is 5.91 Å². The van der Waals surface area contributed by atoms with E-state index in [-0.39, 0.29) is 23.5 Å². The van der Waals surface area contributed by atoms with Gasteiger partial charge in [-0.2, -0.15) is 0 Å². The molecule has 2 amide bonds. The van der Waals surface area contributed by atoms with Crippen molar-refractivity contribution >= 4 is 23.4 Å². The van der Waals surface area contributed by atoms with E-state index in [1.165, 1.54) is 22.1 Å². The molecule has 1 aromatic heterocycles. The van der Waals surface area contributed by atoms with Crippen LogP contribution >= 0.6 is 11.6 Å². The minimum absolute atomic E-state index is 0.0335. The summed E-state index contributed by atoms with van der Waals surface area (Å²) in [5, 5.41) is 0.253. The fraction of sp³-hybridized carbons (Fsp3) is 0.364. The van der Waals surface area contributed by atoms with Gasteiger partial charge in [0, 0.05) is 32.9 Å². The average Bonchev–Trinajstić information content (AvgIpc) is 2.27. The molecule has 0 aromatic carbocycles. The van der Waals surface area contributed by atoms with Crippen LogP contribution in [0.3, 0.4) is 0 Å². The molecule has 0 fully saturated rings. The average molecular weight is 256 g/mol. The highest BCUT2D eigenvalue weighted by molar-refractivity contribution is 6.29. The van der Waals surface area contributed by atoms with Crippen molar-refractivity contribution in [2.24, 2.45) is 0 Å². The lowest BCUT2D eigenvalue weighted by atomic mass is 10.2. The van der Waals surface area contributed by atoms with Gasteiger partial charge in [-0.05, 0) is 12.1 Å². The zero-order valence-electron chi connectivity index (χ0n) is 9.98. The molecule has 17 heavy (non-hydrogen) atoms. The fourth-order valence-electron chi connectivity index (χ4n) is 1.17. The molecule has 0 atom stereocenters. The molecule has 0 N–H and O–H groups in total. The molecule has 1 heterocycles.